The van der Waals surface area contributed by atoms with Crippen molar-refractivity contribution in [2.45, 2.75) is 6.29 Å². The second-order valence-electron chi connectivity index (χ2n) is 4.31. The summed E-state index contributed by atoms with van der Waals surface area (Å²) in [4.78, 5) is 24.8. The van der Waals surface area contributed by atoms with Gasteiger partial charge in [0, 0.05) is 30.2 Å². The first-order valence-corrected chi connectivity index (χ1v) is 6.58. The van der Waals surface area contributed by atoms with Gasteiger partial charge >= 0.3 is 0 Å². The van der Waals surface area contributed by atoms with Gasteiger partial charge < -0.3 is 20.1 Å². The molecule has 0 saturated carbocycles. The van der Waals surface area contributed by atoms with Crippen molar-refractivity contribution < 1.29 is 19.4 Å². The van der Waals surface area contributed by atoms with E-state index in [2.05, 4.69) is 5.32 Å². The lowest BCUT2D eigenvalue weighted by molar-refractivity contribution is -0.183. The number of ether oxygens (including phenoxy) is 1. The third-order valence-corrected chi connectivity index (χ3v) is 3.19. The molecule has 7 heteroatoms. The highest BCUT2D eigenvalue weighted by Crippen LogP contribution is 2.09. The Hall–Kier alpha value is -1.63. The molecule has 1 fully saturated rings. The minimum absolute atomic E-state index is 0.233. The van der Waals surface area contributed by atoms with Gasteiger partial charge in [-0.15, -0.1) is 0 Å². The zero-order chi connectivity index (χ0) is 14.5. The molecule has 0 bridgehead atoms. The van der Waals surface area contributed by atoms with E-state index in [4.69, 9.17) is 16.3 Å². The molecule has 0 spiro atoms. The number of benzene rings is 1. The van der Waals surface area contributed by atoms with Crippen molar-refractivity contribution in [2.24, 2.45) is 0 Å². The van der Waals surface area contributed by atoms with E-state index in [1.807, 2.05) is 0 Å². The fraction of sp³-hybridized carbons (Fsp3) is 0.385. The fourth-order valence-corrected chi connectivity index (χ4v) is 1.97. The number of hydrogen-bond donors (Lipinski definition) is 2. The van der Waals surface area contributed by atoms with Crippen molar-refractivity contribution in [3.63, 3.8) is 0 Å². The van der Waals surface area contributed by atoms with Gasteiger partial charge in [0.05, 0.1) is 6.61 Å². The number of morpholine rings is 1. The predicted octanol–water partition coefficient (Wildman–Crippen LogP) is 0.247. The quantitative estimate of drug-likeness (QED) is 0.835. The average Bonchev–Trinajstić information content (AvgIpc) is 2.44. The minimum Gasteiger partial charge on any atom is -0.361 e. The summed E-state index contributed by atoms with van der Waals surface area (Å²) in [6, 6.07) is 6.53. The maximum absolute atomic E-state index is 11.8. The molecule has 1 unspecified atom stereocenters. The first kappa shape index (κ1) is 14.8. The molecular weight excluding hydrogens is 284 g/mol. The Morgan fingerprint density at radius 1 is 1.45 bits per heavy atom. The van der Waals surface area contributed by atoms with Gasteiger partial charge in [0.2, 0.25) is 6.29 Å². The van der Waals surface area contributed by atoms with Gasteiger partial charge in [-0.05, 0) is 24.3 Å². The number of hydrogen-bond acceptors (Lipinski definition) is 4. The van der Waals surface area contributed by atoms with Gasteiger partial charge in [-0.3, -0.25) is 9.59 Å². The third-order valence-electron chi connectivity index (χ3n) is 2.93. The summed E-state index contributed by atoms with van der Waals surface area (Å²) in [5.74, 6) is -0.708. The highest BCUT2D eigenvalue weighted by molar-refractivity contribution is 6.30. The Bertz CT molecular complexity index is 492. The lowest BCUT2D eigenvalue weighted by atomic mass is 10.2. The molecule has 1 atom stereocenters. The number of carbonyl (C=O) groups is 2. The molecule has 1 aliphatic heterocycles. The van der Waals surface area contributed by atoms with Gasteiger partial charge in [-0.2, -0.15) is 0 Å². The van der Waals surface area contributed by atoms with Crippen LogP contribution in [0.15, 0.2) is 24.3 Å². The number of aliphatic hydroxyl groups is 1. The molecule has 2 amide bonds. The van der Waals surface area contributed by atoms with Crippen LogP contribution in [0.4, 0.5) is 0 Å². The van der Waals surface area contributed by atoms with Crippen molar-refractivity contribution in [2.75, 3.05) is 26.2 Å². The van der Waals surface area contributed by atoms with E-state index >= 15 is 0 Å². The van der Waals surface area contributed by atoms with E-state index in [9.17, 15) is 14.7 Å². The zero-order valence-electron chi connectivity index (χ0n) is 10.7. The van der Waals surface area contributed by atoms with Crippen molar-refractivity contribution in [1.29, 1.82) is 0 Å². The first-order chi connectivity index (χ1) is 9.58. The maximum atomic E-state index is 11.8. The van der Waals surface area contributed by atoms with Crippen LogP contribution in [0.25, 0.3) is 0 Å². The molecule has 0 radical (unpaired) electrons. The van der Waals surface area contributed by atoms with Crippen LogP contribution in [0.3, 0.4) is 0 Å². The third kappa shape index (κ3) is 3.69. The molecule has 20 heavy (non-hydrogen) atoms. The van der Waals surface area contributed by atoms with Gasteiger partial charge in [-0.1, -0.05) is 11.6 Å². The Morgan fingerprint density at radius 3 is 2.85 bits per heavy atom. The number of halogens is 1. The van der Waals surface area contributed by atoms with Gasteiger partial charge in [-0.25, -0.2) is 0 Å². The predicted molar refractivity (Wildman–Crippen MR) is 72.3 cm³/mol. The number of rotatable bonds is 4. The molecule has 1 aliphatic rings. The Balaban J connectivity index is 1.79. The van der Waals surface area contributed by atoms with Crippen molar-refractivity contribution in [3.05, 3.63) is 34.9 Å². The molecule has 1 saturated heterocycles. The lowest BCUT2D eigenvalue weighted by Crippen LogP contribution is -2.49. The summed E-state index contributed by atoms with van der Waals surface area (Å²) in [6.45, 7) is 1.34. The second-order valence-corrected chi connectivity index (χ2v) is 4.75. The number of nitrogens with one attached hydrogen (secondary N) is 1. The number of nitrogens with zero attached hydrogens (tertiary/aromatic N) is 1. The summed E-state index contributed by atoms with van der Waals surface area (Å²) < 4.78 is 4.79. The summed E-state index contributed by atoms with van der Waals surface area (Å²) in [7, 11) is 0. The SMILES string of the molecule is O=C(NCCN1CCOC(O)C1=O)c1ccc(Cl)cc1. The fourth-order valence-electron chi connectivity index (χ4n) is 1.84. The molecule has 1 heterocycles. The summed E-state index contributed by atoms with van der Waals surface area (Å²) in [5.41, 5.74) is 0.503. The van der Waals surface area contributed by atoms with Gasteiger partial charge in [0.25, 0.3) is 11.8 Å². The van der Waals surface area contributed by atoms with E-state index in [1.165, 1.54) is 4.90 Å². The van der Waals surface area contributed by atoms with Crippen LogP contribution in [0.2, 0.25) is 5.02 Å². The number of amides is 2. The normalized spacial score (nSPS) is 19.0. The highest BCUT2D eigenvalue weighted by Gasteiger charge is 2.27. The van der Waals surface area contributed by atoms with Crippen molar-refractivity contribution in [1.82, 2.24) is 10.2 Å². The smallest absolute Gasteiger partial charge is 0.279 e. The molecule has 0 aliphatic carbocycles. The van der Waals surface area contributed by atoms with Crippen LogP contribution in [-0.4, -0.2) is 54.4 Å². The van der Waals surface area contributed by atoms with Crippen molar-refractivity contribution in [3.8, 4) is 0 Å². The second kappa shape index (κ2) is 6.69. The van der Waals surface area contributed by atoms with Gasteiger partial charge in [0.1, 0.15) is 0 Å². The van der Waals surface area contributed by atoms with E-state index in [1.54, 1.807) is 24.3 Å². The average molecular weight is 299 g/mol. The largest absolute Gasteiger partial charge is 0.361 e. The molecule has 1 aromatic rings. The molecular formula is C13H15ClN2O4. The van der Waals surface area contributed by atoms with Crippen LogP contribution in [0.5, 0.6) is 0 Å². The highest BCUT2D eigenvalue weighted by atomic mass is 35.5. The van der Waals surface area contributed by atoms with E-state index in [0.29, 0.717) is 30.2 Å². The Labute approximate surface area is 121 Å². The van der Waals surface area contributed by atoms with E-state index in [-0.39, 0.29) is 12.5 Å². The summed E-state index contributed by atoms with van der Waals surface area (Å²) in [5, 5.41) is 12.5. The molecule has 108 valence electrons. The summed E-state index contributed by atoms with van der Waals surface area (Å²) >= 11 is 5.74. The zero-order valence-corrected chi connectivity index (χ0v) is 11.5. The van der Waals surface area contributed by atoms with Crippen LogP contribution in [-0.2, 0) is 9.53 Å². The van der Waals surface area contributed by atoms with Gasteiger partial charge in [0.15, 0.2) is 0 Å². The van der Waals surface area contributed by atoms with Crippen LogP contribution < -0.4 is 5.32 Å². The first-order valence-electron chi connectivity index (χ1n) is 6.20. The summed E-state index contributed by atoms with van der Waals surface area (Å²) in [6.07, 6.45) is -1.39. The van der Waals surface area contributed by atoms with Crippen LogP contribution >= 0.6 is 11.6 Å². The monoisotopic (exact) mass is 298 g/mol. The molecule has 1 aromatic carbocycles. The standard InChI is InChI=1S/C13H15ClN2O4/c14-10-3-1-9(2-4-10)11(17)15-5-6-16-7-8-20-13(19)12(16)18/h1-4,13,19H,5-8H2,(H,15,17). The Kier molecular flexibility index (Phi) is 4.94. The number of aliphatic hydroxyl groups excluding tert-OH is 1. The molecule has 2 rings (SSSR count). The minimum atomic E-state index is -1.39. The topological polar surface area (TPSA) is 78.9 Å². The Morgan fingerprint density at radius 2 is 2.15 bits per heavy atom. The lowest BCUT2D eigenvalue weighted by Gasteiger charge is -2.29. The molecule has 2 N–H and O–H groups in total. The number of carbonyl (C=O) groups excluding carboxylic acids is 2. The maximum Gasteiger partial charge on any atom is 0.279 e. The molecule has 6 nitrogen and oxygen atoms in total. The van der Waals surface area contributed by atoms with Crippen molar-refractivity contribution >= 4 is 23.4 Å². The molecule has 0 aromatic heterocycles. The van der Waals surface area contributed by atoms with Crippen LogP contribution in [0, 0.1) is 0 Å². The van der Waals surface area contributed by atoms with E-state index < -0.39 is 12.2 Å². The van der Waals surface area contributed by atoms with E-state index in [0.717, 1.165) is 0 Å². The van der Waals surface area contributed by atoms with Crippen LogP contribution in [0.1, 0.15) is 10.4 Å².